The molecule has 17 heavy (non-hydrogen) atoms. The molecule has 1 aromatic rings. The summed E-state index contributed by atoms with van der Waals surface area (Å²) >= 11 is 1.33. The van der Waals surface area contributed by atoms with Gasteiger partial charge in [0.25, 0.3) is 5.91 Å². The predicted molar refractivity (Wildman–Crippen MR) is 66.0 cm³/mol. The van der Waals surface area contributed by atoms with Crippen LogP contribution in [0.2, 0.25) is 0 Å². The lowest BCUT2D eigenvalue weighted by atomic mass is 10.2. The van der Waals surface area contributed by atoms with Crippen LogP contribution in [0, 0.1) is 6.92 Å². The van der Waals surface area contributed by atoms with E-state index in [0.717, 1.165) is 5.01 Å². The summed E-state index contributed by atoms with van der Waals surface area (Å²) in [6.07, 6.45) is 2.07. The van der Waals surface area contributed by atoms with Gasteiger partial charge in [-0.15, -0.1) is 11.3 Å². The van der Waals surface area contributed by atoms with Crippen molar-refractivity contribution >= 4 is 27.1 Å². The van der Waals surface area contributed by atoms with E-state index >= 15 is 0 Å². The van der Waals surface area contributed by atoms with Gasteiger partial charge < -0.3 is 4.90 Å². The number of rotatable bonds is 2. The van der Waals surface area contributed by atoms with Crippen molar-refractivity contribution in [3.8, 4) is 0 Å². The topological polar surface area (TPSA) is 67.3 Å². The minimum atomic E-state index is -2.96. The number of sulfone groups is 1. The number of aromatic nitrogens is 1. The van der Waals surface area contributed by atoms with Crippen molar-refractivity contribution in [2.75, 3.05) is 18.6 Å². The zero-order chi connectivity index (χ0) is 12.6. The van der Waals surface area contributed by atoms with Crippen LogP contribution in [-0.2, 0) is 9.84 Å². The Kier molecular flexibility index (Phi) is 3.22. The Morgan fingerprint density at radius 3 is 2.76 bits per heavy atom. The fourth-order valence-electron chi connectivity index (χ4n) is 1.88. The molecule has 7 heteroatoms. The molecule has 1 atom stereocenters. The van der Waals surface area contributed by atoms with Crippen LogP contribution in [-0.4, -0.2) is 48.8 Å². The fourth-order valence-corrected chi connectivity index (χ4v) is 4.42. The van der Waals surface area contributed by atoms with Crippen molar-refractivity contribution < 1.29 is 13.2 Å². The standard InChI is InChI=1S/C10H14N2O3S2/c1-7-11-5-9(16-7)10(13)12(2)8-3-4-17(14,15)6-8/h5,8H,3-4,6H2,1-2H3. The van der Waals surface area contributed by atoms with Crippen molar-refractivity contribution in [1.29, 1.82) is 0 Å². The first kappa shape index (κ1) is 12.5. The van der Waals surface area contributed by atoms with Crippen LogP contribution in [0.1, 0.15) is 21.1 Å². The average molecular weight is 274 g/mol. The minimum absolute atomic E-state index is 0.0764. The Morgan fingerprint density at radius 2 is 2.29 bits per heavy atom. The molecule has 0 bridgehead atoms. The van der Waals surface area contributed by atoms with Gasteiger partial charge in [-0.05, 0) is 13.3 Å². The summed E-state index contributed by atoms with van der Waals surface area (Å²) in [5.74, 6) is 0.113. The molecule has 1 amide bonds. The van der Waals surface area contributed by atoms with E-state index in [4.69, 9.17) is 0 Å². The zero-order valence-corrected chi connectivity index (χ0v) is 11.3. The zero-order valence-electron chi connectivity index (χ0n) is 9.71. The van der Waals surface area contributed by atoms with Crippen LogP contribution in [0.5, 0.6) is 0 Å². The lowest BCUT2D eigenvalue weighted by Gasteiger charge is -2.22. The third kappa shape index (κ3) is 2.66. The monoisotopic (exact) mass is 274 g/mol. The Balaban J connectivity index is 2.11. The summed E-state index contributed by atoms with van der Waals surface area (Å²) in [6, 6.07) is -0.199. The number of carbonyl (C=O) groups is 1. The number of thiazole rings is 1. The molecule has 1 unspecified atom stereocenters. The van der Waals surface area contributed by atoms with Gasteiger partial charge in [0, 0.05) is 13.1 Å². The molecule has 0 aliphatic carbocycles. The number of aryl methyl sites for hydroxylation is 1. The highest BCUT2D eigenvalue weighted by molar-refractivity contribution is 7.91. The highest BCUT2D eigenvalue weighted by Gasteiger charge is 2.33. The number of carbonyl (C=O) groups excluding carboxylic acids is 1. The summed E-state index contributed by atoms with van der Waals surface area (Å²) in [6.45, 7) is 1.83. The molecule has 0 N–H and O–H groups in total. The van der Waals surface area contributed by atoms with E-state index < -0.39 is 9.84 Å². The molecule has 1 aliphatic rings. The molecule has 0 aromatic carbocycles. The summed E-state index contributed by atoms with van der Waals surface area (Å²) in [4.78, 5) is 18.2. The molecule has 0 spiro atoms. The lowest BCUT2D eigenvalue weighted by Crippen LogP contribution is -2.37. The Labute approximate surface area is 104 Å². The van der Waals surface area contributed by atoms with Gasteiger partial charge in [0.2, 0.25) is 0 Å². The Hall–Kier alpha value is -0.950. The van der Waals surface area contributed by atoms with Crippen LogP contribution < -0.4 is 0 Å². The maximum atomic E-state index is 12.1. The van der Waals surface area contributed by atoms with Gasteiger partial charge in [0.05, 0.1) is 22.7 Å². The van der Waals surface area contributed by atoms with E-state index in [1.54, 1.807) is 13.2 Å². The number of hydrogen-bond acceptors (Lipinski definition) is 5. The van der Waals surface area contributed by atoms with E-state index in [1.807, 2.05) is 6.92 Å². The van der Waals surface area contributed by atoms with Crippen LogP contribution in [0.3, 0.4) is 0 Å². The van der Waals surface area contributed by atoms with Crippen LogP contribution >= 0.6 is 11.3 Å². The molecule has 2 rings (SSSR count). The van der Waals surface area contributed by atoms with Gasteiger partial charge in [-0.2, -0.15) is 0 Å². The van der Waals surface area contributed by atoms with Gasteiger partial charge >= 0.3 is 0 Å². The van der Waals surface area contributed by atoms with E-state index in [-0.39, 0.29) is 23.5 Å². The molecule has 94 valence electrons. The first-order valence-corrected chi connectivity index (χ1v) is 7.93. The van der Waals surface area contributed by atoms with Crippen molar-refractivity contribution in [2.24, 2.45) is 0 Å². The summed E-state index contributed by atoms with van der Waals surface area (Å²) in [7, 11) is -1.30. The second-order valence-corrected chi connectivity index (χ2v) is 7.68. The molecule has 1 aromatic heterocycles. The summed E-state index contributed by atoms with van der Waals surface area (Å²) < 4.78 is 22.7. The molecular weight excluding hydrogens is 260 g/mol. The third-order valence-corrected chi connectivity index (χ3v) is 5.56. The Morgan fingerprint density at radius 1 is 1.59 bits per heavy atom. The van der Waals surface area contributed by atoms with E-state index in [1.165, 1.54) is 16.2 Å². The molecule has 0 radical (unpaired) electrons. The lowest BCUT2D eigenvalue weighted by molar-refractivity contribution is 0.0752. The smallest absolute Gasteiger partial charge is 0.265 e. The maximum Gasteiger partial charge on any atom is 0.265 e. The first-order valence-electron chi connectivity index (χ1n) is 5.29. The van der Waals surface area contributed by atoms with Crippen LogP contribution in [0.15, 0.2) is 6.20 Å². The van der Waals surface area contributed by atoms with Crippen LogP contribution in [0.4, 0.5) is 0 Å². The average Bonchev–Trinajstić information content (AvgIpc) is 2.82. The number of amides is 1. The van der Waals surface area contributed by atoms with Crippen molar-refractivity contribution in [2.45, 2.75) is 19.4 Å². The molecule has 1 aliphatic heterocycles. The van der Waals surface area contributed by atoms with Crippen molar-refractivity contribution in [1.82, 2.24) is 9.88 Å². The fraction of sp³-hybridized carbons (Fsp3) is 0.600. The van der Waals surface area contributed by atoms with Crippen molar-refractivity contribution in [3.63, 3.8) is 0 Å². The normalized spacial score (nSPS) is 22.6. The Bertz CT molecular complexity index is 536. The summed E-state index contributed by atoms with van der Waals surface area (Å²) in [5.41, 5.74) is 0. The van der Waals surface area contributed by atoms with Crippen molar-refractivity contribution in [3.05, 3.63) is 16.1 Å². The quantitative estimate of drug-likeness (QED) is 0.796. The maximum absolute atomic E-state index is 12.1. The number of hydrogen-bond donors (Lipinski definition) is 0. The number of nitrogens with zero attached hydrogens (tertiary/aromatic N) is 2. The molecule has 5 nitrogen and oxygen atoms in total. The SMILES string of the molecule is Cc1ncc(C(=O)N(C)C2CCS(=O)(=O)C2)s1. The third-order valence-electron chi connectivity index (χ3n) is 2.91. The highest BCUT2D eigenvalue weighted by atomic mass is 32.2. The second-order valence-electron chi connectivity index (χ2n) is 4.22. The highest BCUT2D eigenvalue weighted by Crippen LogP contribution is 2.20. The second kappa shape index (κ2) is 4.38. The molecule has 1 saturated heterocycles. The van der Waals surface area contributed by atoms with Gasteiger partial charge in [-0.1, -0.05) is 0 Å². The van der Waals surface area contributed by atoms with Gasteiger partial charge in [-0.3, -0.25) is 4.79 Å². The van der Waals surface area contributed by atoms with E-state index in [2.05, 4.69) is 4.98 Å². The minimum Gasteiger partial charge on any atom is -0.337 e. The van der Waals surface area contributed by atoms with Crippen LogP contribution in [0.25, 0.3) is 0 Å². The largest absolute Gasteiger partial charge is 0.337 e. The first-order chi connectivity index (χ1) is 7.89. The predicted octanol–water partition coefficient (Wildman–Crippen LogP) is 0.711. The van der Waals surface area contributed by atoms with Gasteiger partial charge in [-0.25, -0.2) is 13.4 Å². The van der Waals surface area contributed by atoms with Gasteiger partial charge in [0.15, 0.2) is 9.84 Å². The summed E-state index contributed by atoms with van der Waals surface area (Å²) in [5, 5.41) is 0.834. The van der Waals surface area contributed by atoms with Gasteiger partial charge in [0.1, 0.15) is 4.88 Å². The molecule has 2 heterocycles. The molecule has 1 fully saturated rings. The molecular formula is C10H14N2O3S2. The molecule has 0 saturated carbocycles. The van der Waals surface area contributed by atoms with E-state index in [9.17, 15) is 13.2 Å². The van der Waals surface area contributed by atoms with E-state index in [0.29, 0.717) is 11.3 Å².